The van der Waals surface area contributed by atoms with E-state index in [0.717, 1.165) is 12.5 Å². The van der Waals surface area contributed by atoms with E-state index in [1.807, 2.05) is 0 Å². The summed E-state index contributed by atoms with van der Waals surface area (Å²) in [6.07, 6.45) is 2.63. The first-order valence-electron chi connectivity index (χ1n) is 5.59. The highest BCUT2D eigenvalue weighted by atomic mass is 15.1. The summed E-state index contributed by atoms with van der Waals surface area (Å²) >= 11 is 0. The van der Waals surface area contributed by atoms with E-state index in [2.05, 4.69) is 38.3 Å². The Kier molecular flexibility index (Phi) is 4.20. The van der Waals surface area contributed by atoms with E-state index in [1.54, 1.807) is 0 Å². The zero-order chi connectivity index (χ0) is 9.84. The third-order valence-electron chi connectivity index (χ3n) is 2.90. The first kappa shape index (κ1) is 11.0. The number of nitrogens with one attached hydrogen (secondary N) is 2. The van der Waals surface area contributed by atoms with Gasteiger partial charge < -0.3 is 10.6 Å². The molecule has 2 nitrogen and oxygen atoms in total. The quantitative estimate of drug-likeness (QED) is 0.698. The van der Waals surface area contributed by atoms with Gasteiger partial charge in [0.2, 0.25) is 0 Å². The maximum atomic E-state index is 3.66. The molecule has 0 radical (unpaired) electrons. The first-order chi connectivity index (χ1) is 6.09. The molecule has 3 unspecified atom stereocenters. The van der Waals surface area contributed by atoms with E-state index in [-0.39, 0.29) is 0 Å². The van der Waals surface area contributed by atoms with Gasteiger partial charge in [0.25, 0.3) is 0 Å². The van der Waals surface area contributed by atoms with Gasteiger partial charge in [0.15, 0.2) is 0 Å². The minimum atomic E-state index is 0.633. The molecule has 0 spiro atoms. The van der Waals surface area contributed by atoms with E-state index < -0.39 is 0 Å². The summed E-state index contributed by atoms with van der Waals surface area (Å²) in [6, 6.07) is 1.94. The Morgan fingerprint density at radius 1 is 1.31 bits per heavy atom. The summed E-state index contributed by atoms with van der Waals surface area (Å²) in [7, 11) is 0. The van der Waals surface area contributed by atoms with Crippen LogP contribution in [0.4, 0.5) is 0 Å². The zero-order valence-electron chi connectivity index (χ0n) is 9.43. The fraction of sp³-hybridized carbons (Fsp3) is 1.00. The Bertz CT molecular complexity index is 145. The molecular formula is C11H24N2. The molecule has 0 aromatic carbocycles. The number of piperazine rings is 1. The standard InChI is InChI=1S/C11H24N2/c1-8(2)5-6-11-10(4)12-7-9(3)13-11/h8-13H,5-7H2,1-4H3. The molecule has 2 heteroatoms. The largest absolute Gasteiger partial charge is 0.311 e. The van der Waals surface area contributed by atoms with E-state index in [9.17, 15) is 0 Å². The summed E-state index contributed by atoms with van der Waals surface area (Å²) in [5.41, 5.74) is 0. The molecule has 0 saturated carbocycles. The fourth-order valence-corrected chi connectivity index (χ4v) is 1.92. The molecule has 13 heavy (non-hydrogen) atoms. The lowest BCUT2D eigenvalue weighted by atomic mass is 9.96. The average molecular weight is 184 g/mol. The molecule has 3 atom stereocenters. The maximum Gasteiger partial charge on any atom is 0.0221 e. The van der Waals surface area contributed by atoms with Crippen molar-refractivity contribution in [2.75, 3.05) is 6.54 Å². The summed E-state index contributed by atoms with van der Waals surface area (Å²) in [4.78, 5) is 0. The van der Waals surface area contributed by atoms with Crippen molar-refractivity contribution < 1.29 is 0 Å². The summed E-state index contributed by atoms with van der Waals surface area (Å²) in [5.74, 6) is 0.825. The van der Waals surface area contributed by atoms with Crippen molar-refractivity contribution in [1.82, 2.24) is 10.6 Å². The Morgan fingerprint density at radius 2 is 2.00 bits per heavy atom. The van der Waals surface area contributed by atoms with Crippen molar-refractivity contribution in [1.29, 1.82) is 0 Å². The van der Waals surface area contributed by atoms with Gasteiger partial charge in [0.05, 0.1) is 0 Å². The Labute approximate surface area is 82.5 Å². The van der Waals surface area contributed by atoms with Crippen molar-refractivity contribution >= 4 is 0 Å². The molecule has 1 aliphatic rings. The lowest BCUT2D eigenvalue weighted by Gasteiger charge is -2.35. The third kappa shape index (κ3) is 3.65. The van der Waals surface area contributed by atoms with Gasteiger partial charge in [-0.3, -0.25) is 0 Å². The van der Waals surface area contributed by atoms with Crippen molar-refractivity contribution in [2.45, 2.75) is 58.7 Å². The SMILES string of the molecule is CC(C)CCC1NC(C)CNC1C. The molecule has 78 valence electrons. The van der Waals surface area contributed by atoms with Crippen LogP contribution in [0, 0.1) is 5.92 Å². The van der Waals surface area contributed by atoms with Crippen LogP contribution in [-0.2, 0) is 0 Å². The van der Waals surface area contributed by atoms with Gasteiger partial charge in [-0.1, -0.05) is 13.8 Å². The second-order valence-corrected chi connectivity index (χ2v) is 4.84. The van der Waals surface area contributed by atoms with Crippen LogP contribution in [0.3, 0.4) is 0 Å². The average Bonchev–Trinajstić information content (AvgIpc) is 2.06. The minimum Gasteiger partial charge on any atom is -0.311 e. The first-order valence-corrected chi connectivity index (χ1v) is 5.59. The lowest BCUT2D eigenvalue weighted by molar-refractivity contribution is 0.267. The monoisotopic (exact) mass is 184 g/mol. The van der Waals surface area contributed by atoms with Crippen LogP contribution in [-0.4, -0.2) is 24.7 Å². The molecular weight excluding hydrogens is 160 g/mol. The van der Waals surface area contributed by atoms with Crippen molar-refractivity contribution in [3.8, 4) is 0 Å². The Hall–Kier alpha value is -0.0800. The number of rotatable bonds is 3. The molecule has 1 saturated heterocycles. The minimum absolute atomic E-state index is 0.633. The lowest BCUT2D eigenvalue weighted by Crippen LogP contribution is -2.58. The van der Waals surface area contributed by atoms with Crippen molar-refractivity contribution in [3.63, 3.8) is 0 Å². The van der Waals surface area contributed by atoms with Gasteiger partial charge in [0, 0.05) is 24.7 Å². The highest BCUT2D eigenvalue weighted by Crippen LogP contribution is 2.12. The van der Waals surface area contributed by atoms with Gasteiger partial charge in [-0.2, -0.15) is 0 Å². The molecule has 2 N–H and O–H groups in total. The number of hydrogen-bond acceptors (Lipinski definition) is 2. The molecule has 0 bridgehead atoms. The molecule has 1 rings (SSSR count). The third-order valence-corrected chi connectivity index (χ3v) is 2.90. The van der Waals surface area contributed by atoms with E-state index >= 15 is 0 Å². The summed E-state index contributed by atoms with van der Waals surface area (Å²) < 4.78 is 0. The van der Waals surface area contributed by atoms with Crippen LogP contribution in [0.15, 0.2) is 0 Å². The van der Waals surface area contributed by atoms with Crippen LogP contribution >= 0.6 is 0 Å². The molecule has 1 fully saturated rings. The van der Waals surface area contributed by atoms with Crippen molar-refractivity contribution in [2.24, 2.45) is 5.92 Å². The number of hydrogen-bond donors (Lipinski definition) is 2. The second-order valence-electron chi connectivity index (χ2n) is 4.84. The Balaban J connectivity index is 2.29. The zero-order valence-corrected chi connectivity index (χ0v) is 9.43. The van der Waals surface area contributed by atoms with E-state index in [4.69, 9.17) is 0 Å². The van der Waals surface area contributed by atoms with Crippen LogP contribution in [0.1, 0.15) is 40.5 Å². The highest BCUT2D eigenvalue weighted by Gasteiger charge is 2.23. The topological polar surface area (TPSA) is 24.1 Å². The van der Waals surface area contributed by atoms with Gasteiger partial charge in [0.1, 0.15) is 0 Å². The van der Waals surface area contributed by atoms with Gasteiger partial charge >= 0.3 is 0 Å². The van der Waals surface area contributed by atoms with Gasteiger partial charge in [-0.25, -0.2) is 0 Å². The summed E-state index contributed by atoms with van der Waals surface area (Å²) in [5, 5.41) is 7.20. The molecule has 1 aliphatic heterocycles. The smallest absolute Gasteiger partial charge is 0.0221 e. The fourth-order valence-electron chi connectivity index (χ4n) is 1.92. The normalized spacial score (nSPS) is 35.3. The van der Waals surface area contributed by atoms with Crippen LogP contribution < -0.4 is 10.6 Å². The predicted octanol–water partition coefficient (Wildman–Crippen LogP) is 1.76. The molecule has 0 aliphatic carbocycles. The van der Waals surface area contributed by atoms with Crippen LogP contribution in [0.5, 0.6) is 0 Å². The molecule has 0 aromatic rings. The molecule has 0 amide bonds. The Morgan fingerprint density at radius 3 is 2.62 bits per heavy atom. The van der Waals surface area contributed by atoms with Crippen molar-refractivity contribution in [3.05, 3.63) is 0 Å². The van der Waals surface area contributed by atoms with Crippen LogP contribution in [0.2, 0.25) is 0 Å². The van der Waals surface area contributed by atoms with Gasteiger partial charge in [-0.05, 0) is 32.6 Å². The summed E-state index contributed by atoms with van der Waals surface area (Å²) in [6.45, 7) is 10.2. The van der Waals surface area contributed by atoms with Gasteiger partial charge in [-0.15, -0.1) is 0 Å². The molecule has 1 heterocycles. The predicted molar refractivity (Wildman–Crippen MR) is 57.9 cm³/mol. The highest BCUT2D eigenvalue weighted by molar-refractivity contribution is 4.87. The second kappa shape index (κ2) is 4.97. The molecule has 0 aromatic heterocycles. The van der Waals surface area contributed by atoms with E-state index in [0.29, 0.717) is 18.1 Å². The van der Waals surface area contributed by atoms with Crippen LogP contribution in [0.25, 0.3) is 0 Å². The maximum absolute atomic E-state index is 3.66. The van der Waals surface area contributed by atoms with E-state index in [1.165, 1.54) is 12.8 Å².